The maximum atomic E-state index is 13.1. The van der Waals surface area contributed by atoms with Gasteiger partial charge in [-0.2, -0.15) is 13.2 Å². The Kier molecular flexibility index (Phi) is 4.35. The molecule has 0 saturated carbocycles. The SMILES string of the molecule is CNC(c1cccc(Cl)c1)c1ccccc1C(F)(F)F. The van der Waals surface area contributed by atoms with Gasteiger partial charge < -0.3 is 5.32 Å². The van der Waals surface area contributed by atoms with Crippen molar-refractivity contribution in [2.45, 2.75) is 12.2 Å². The van der Waals surface area contributed by atoms with Crippen molar-refractivity contribution in [2.75, 3.05) is 7.05 Å². The normalized spacial score (nSPS) is 13.2. The zero-order chi connectivity index (χ0) is 14.8. The van der Waals surface area contributed by atoms with Crippen molar-refractivity contribution in [3.8, 4) is 0 Å². The fourth-order valence-corrected chi connectivity index (χ4v) is 2.39. The summed E-state index contributed by atoms with van der Waals surface area (Å²) in [7, 11) is 1.62. The molecule has 0 aliphatic heterocycles. The highest BCUT2D eigenvalue weighted by Crippen LogP contribution is 2.36. The van der Waals surface area contributed by atoms with Crippen molar-refractivity contribution in [1.29, 1.82) is 0 Å². The molecule has 0 aromatic heterocycles. The molecule has 0 aliphatic rings. The molecule has 1 N–H and O–H groups in total. The monoisotopic (exact) mass is 299 g/mol. The topological polar surface area (TPSA) is 12.0 Å². The highest BCUT2D eigenvalue weighted by Gasteiger charge is 2.34. The second kappa shape index (κ2) is 5.85. The fraction of sp³-hybridized carbons (Fsp3) is 0.200. The Morgan fingerprint density at radius 1 is 1.05 bits per heavy atom. The first-order valence-electron chi connectivity index (χ1n) is 6.02. The van der Waals surface area contributed by atoms with Crippen LogP contribution < -0.4 is 5.32 Å². The van der Waals surface area contributed by atoms with Gasteiger partial charge in [0.05, 0.1) is 11.6 Å². The van der Waals surface area contributed by atoms with Crippen molar-refractivity contribution in [3.05, 3.63) is 70.2 Å². The van der Waals surface area contributed by atoms with E-state index < -0.39 is 17.8 Å². The predicted molar refractivity (Wildman–Crippen MR) is 73.8 cm³/mol. The van der Waals surface area contributed by atoms with Crippen LogP contribution in [0.1, 0.15) is 22.7 Å². The second-order valence-corrected chi connectivity index (χ2v) is 4.80. The molecule has 2 aromatic rings. The number of benzene rings is 2. The first kappa shape index (κ1) is 14.9. The average Bonchev–Trinajstić information content (AvgIpc) is 2.39. The van der Waals surface area contributed by atoms with E-state index in [-0.39, 0.29) is 5.56 Å². The van der Waals surface area contributed by atoms with E-state index in [2.05, 4.69) is 5.32 Å². The third-order valence-electron chi connectivity index (χ3n) is 3.05. The van der Waals surface area contributed by atoms with Gasteiger partial charge in [0.25, 0.3) is 0 Å². The van der Waals surface area contributed by atoms with Crippen LogP contribution >= 0.6 is 11.6 Å². The molecule has 0 bridgehead atoms. The molecule has 1 unspecified atom stereocenters. The predicted octanol–water partition coefficient (Wildman–Crippen LogP) is 4.67. The summed E-state index contributed by atoms with van der Waals surface area (Å²) in [6, 6.07) is 11.8. The van der Waals surface area contributed by atoms with E-state index in [9.17, 15) is 13.2 Å². The van der Waals surface area contributed by atoms with Crippen LogP contribution in [0.5, 0.6) is 0 Å². The molecule has 0 radical (unpaired) electrons. The van der Waals surface area contributed by atoms with Crippen LogP contribution in [0.2, 0.25) is 5.02 Å². The van der Waals surface area contributed by atoms with E-state index in [0.717, 1.165) is 6.07 Å². The summed E-state index contributed by atoms with van der Waals surface area (Å²) in [6.45, 7) is 0. The van der Waals surface area contributed by atoms with Crippen LogP contribution in [-0.2, 0) is 6.18 Å². The lowest BCUT2D eigenvalue weighted by atomic mass is 9.94. The summed E-state index contributed by atoms with van der Waals surface area (Å²) in [5.74, 6) is 0. The molecule has 2 aromatic carbocycles. The first-order chi connectivity index (χ1) is 9.43. The number of halogens is 4. The van der Waals surface area contributed by atoms with Gasteiger partial charge in [0.15, 0.2) is 0 Å². The second-order valence-electron chi connectivity index (χ2n) is 4.36. The Morgan fingerprint density at radius 2 is 1.75 bits per heavy atom. The van der Waals surface area contributed by atoms with E-state index in [1.807, 2.05) is 0 Å². The Morgan fingerprint density at radius 3 is 2.35 bits per heavy atom. The molecule has 0 heterocycles. The molecule has 20 heavy (non-hydrogen) atoms. The van der Waals surface area contributed by atoms with E-state index in [1.165, 1.54) is 12.1 Å². The summed E-state index contributed by atoms with van der Waals surface area (Å²) in [5, 5.41) is 3.41. The third-order valence-corrected chi connectivity index (χ3v) is 3.28. The average molecular weight is 300 g/mol. The van der Waals surface area contributed by atoms with E-state index in [4.69, 9.17) is 11.6 Å². The first-order valence-corrected chi connectivity index (χ1v) is 6.40. The van der Waals surface area contributed by atoms with Crippen molar-refractivity contribution in [2.24, 2.45) is 0 Å². The standard InChI is InChI=1S/C15H13ClF3N/c1-20-14(10-5-4-6-11(16)9-10)12-7-2-3-8-13(12)15(17,18)19/h2-9,14,20H,1H3. The van der Waals surface area contributed by atoms with Crippen molar-refractivity contribution in [1.82, 2.24) is 5.32 Å². The Labute approximate surface area is 120 Å². The highest BCUT2D eigenvalue weighted by molar-refractivity contribution is 6.30. The zero-order valence-electron chi connectivity index (χ0n) is 10.7. The van der Waals surface area contributed by atoms with Gasteiger partial charge in [-0.3, -0.25) is 0 Å². The van der Waals surface area contributed by atoms with Crippen molar-refractivity contribution in [3.63, 3.8) is 0 Å². The fourth-order valence-electron chi connectivity index (χ4n) is 2.19. The van der Waals surface area contributed by atoms with Gasteiger partial charge in [-0.15, -0.1) is 0 Å². The molecular formula is C15H13ClF3N. The maximum Gasteiger partial charge on any atom is 0.416 e. The molecule has 0 aliphatic carbocycles. The maximum absolute atomic E-state index is 13.1. The van der Waals surface area contributed by atoms with E-state index in [1.54, 1.807) is 37.4 Å². The number of alkyl halides is 3. The molecule has 0 amide bonds. The number of nitrogens with one attached hydrogen (secondary N) is 1. The van der Waals surface area contributed by atoms with Crippen LogP contribution in [0, 0.1) is 0 Å². The Hall–Kier alpha value is -1.52. The van der Waals surface area contributed by atoms with Gasteiger partial charge >= 0.3 is 6.18 Å². The molecule has 0 spiro atoms. The molecule has 5 heteroatoms. The highest BCUT2D eigenvalue weighted by atomic mass is 35.5. The molecule has 106 valence electrons. The minimum atomic E-state index is -4.38. The van der Waals surface area contributed by atoms with Crippen LogP contribution in [-0.4, -0.2) is 7.05 Å². The van der Waals surface area contributed by atoms with Gasteiger partial charge in [0.2, 0.25) is 0 Å². The van der Waals surface area contributed by atoms with Gasteiger partial charge in [-0.1, -0.05) is 41.9 Å². The third kappa shape index (κ3) is 3.14. The van der Waals surface area contributed by atoms with Crippen LogP contribution in [0.25, 0.3) is 0 Å². The van der Waals surface area contributed by atoms with Gasteiger partial charge in [-0.05, 0) is 36.4 Å². The quantitative estimate of drug-likeness (QED) is 0.868. The lowest BCUT2D eigenvalue weighted by Gasteiger charge is -2.22. The lowest BCUT2D eigenvalue weighted by Crippen LogP contribution is -2.21. The molecule has 2 rings (SSSR count). The summed E-state index contributed by atoms with van der Waals surface area (Å²) >= 11 is 5.91. The smallest absolute Gasteiger partial charge is 0.309 e. The summed E-state index contributed by atoms with van der Waals surface area (Å²) in [4.78, 5) is 0. The van der Waals surface area contributed by atoms with Crippen molar-refractivity contribution >= 4 is 11.6 Å². The molecule has 0 saturated heterocycles. The number of hydrogen-bond donors (Lipinski definition) is 1. The van der Waals surface area contributed by atoms with E-state index in [0.29, 0.717) is 10.6 Å². The number of hydrogen-bond acceptors (Lipinski definition) is 1. The van der Waals surface area contributed by atoms with Crippen LogP contribution in [0.3, 0.4) is 0 Å². The minimum absolute atomic E-state index is 0.185. The Bertz CT molecular complexity index is 596. The van der Waals surface area contributed by atoms with Crippen LogP contribution in [0.4, 0.5) is 13.2 Å². The summed E-state index contributed by atoms with van der Waals surface area (Å²) in [5.41, 5.74) is 0.237. The van der Waals surface area contributed by atoms with Crippen LogP contribution in [0.15, 0.2) is 48.5 Å². The van der Waals surface area contributed by atoms with Crippen molar-refractivity contribution < 1.29 is 13.2 Å². The molecular weight excluding hydrogens is 287 g/mol. The lowest BCUT2D eigenvalue weighted by molar-refractivity contribution is -0.138. The zero-order valence-corrected chi connectivity index (χ0v) is 11.5. The largest absolute Gasteiger partial charge is 0.416 e. The van der Waals surface area contributed by atoms with Gasteiger partial charge in [0, 0.05) is 5.02 Å². The molecule has 1 nitrogen and oxygen atoms in total. The van der Waals surface area contributed by atoms with Gasteiger partial charge in [0.1, 0.15) is 0 Å². The molecule has 1 atom stereocenters. The Balaban J connectivity index is 2.53. The van der Waals surface area contributed by atoms with Gasteiger partial charge in [-0.25, -0.2) is 0 Å². The molecule has 0 fully saturated rings. The minimum Gasteiger partial charge on any atom is -0.309 e. The summed E-state index contributed by atoms with van der Waals surface area (Å²) < 4.78 is 39.3. The van der Waals surface area contributed by atoms with E-state index >= 15 is 0 Å². The summed E-state index contributed by atoms with van der Waals surface area (Å²) in [6.07, 6.45) is -4.38. The number of rotatable bonds is 3.